The summed E-state index contributed by atoms with van der Waals surface area (Å²) in [5.74, 6) is 1.78. The van der Waals surface area contributed by atoms with E-state index in [9.17, 15) is 9.90 Å². The van der Waals surface area contributed by atoms with Crippen molar-refractivity contribution in [2.75, 3.05) is 32.7 Å². The van der Waals surface area contributed by atoms with Gasteiger partial charge in [-0.1, -0.05) is 17.7 Å². The first-order valence-electron chi connectivity index (χ1n) is 15.4. The van der Waals surface area contributed by atoms with E-state index in [0.29, 0.717) is 35.2 Å². The maximum Gasteiger partial charge on any atom is 0.251 e. The smallest absolute Gasteiger partial charge is 0.251 e. The number of oxazole rings is 1. The number of ether oxygens (including phenoxy) is 2. The molecule has 2 aliphatic heterocycles. The number of halogens is 1. The second kappa shape index (κ2) is 16.3. The average molecular weight is 666 g/mol. The molecule has 10 nitrogen and oxygen atoms in total. The first-order chi connectivity index (χ1) is 22.0. The van der Waals surface area contributed by atoms with Crippen LogP contribution < -0.4 is 14.8 Å². The Bertz CT molecular complexity index is 1540. The van der Waals surface area contributed by atoms with Crippen molar-refractivity contribution in [2.45, 2.75) is 51.2 Å². The standard InChI is InChI=1S/C34H38ClN5O5.H2S/c35-33-31-11-16-40(20-26(31)3-6-32(33)43-22-30-18-37-23-44-30)21-27(41)17-38-34(42)25-1-4-28(5-2-25)45-29-9-14-39(15-10-29)19-24-7-12-36-13-8-24;/h1-8,12-13,18,23,27,29,41H,9-11,14-17,19-22H2,(H,38,42);1H2/t27-;/m0./s1. The van der Waals surface area contributed by atoms with E-state index >= 15 is 0 Å². The number of β-amino-alcohol motifs (C(OH)–C–C–N with tert-alkyl or cyclic N) is 1. The number of amides is 1. The Morgan fingerprint density at radius 3 is 2.57 bits per heavy atom. The predicted octanol–water partition coefficient (Wildman–Crippen LogP) is 4.61. The van der Waals surface area contributed by atoms with Gasteiger partial charge in [0.1, 0.15) is 24.2 Å². The number of fused-ring (bicyclic) bond motifs is 1. The minimum atomic E-state index is -0.706. The molecule has 46 heavy (non-hydrogen) atoms. The van der Waals surface area contributed by atoms with Crippen LogP contribution in [0.1, 0.15) is 45.7 Å². The number of aliphatic hydroxyl groups is 1. The lowest BCUT2D eigenvalue weighted by atomic mass is 9.99. The molecule has 4 aromatic rings. The normalized spacial score (nSPS) is 16.2. The third kappa shape index (κ3) is 9.01. The number of benzene rings is 2. The largest absolute Gasteiger partial charge is 0.490 e. The lowest BCUT2D eigenvalue weighted by Gasteiger charge is -2.32. The van der Waals surface area contributed by atoms with Gasteiger partial charge in [0.05, 0.1) is 17.3 Å². The number of carbonyl (C=O) groups excluding carboxylic acids is 1. The van der Waals surface area contributed by atoms with Gasteiger partial charge in [0.2, 0.25) is 0 Å². The SMILES string of the molecule is O=C(NC[C@H](O)CN1CCc2c(ccc(OCc3cnco3)c2Cl)C1)c1ccc(OC2CCN(Cc3ccncc3)CC2)cc1.S. The van der Waals surface area contributed by atoms with Gasteiger partial charge in [-0.05, 0) is 78.4 Å². The first-order valence-corrected chi connectivity index (χ1v) is 15.7. The molecule has 6 rings (SSSR count). The molecule has 0 radical (unpaired) electrons. The summed E-state index contributed by atoms with van der Waals surface area (Å²) in [7, 11) is 0. The third-order valence-electron chi connectivity index (χ3n) is 8.31. The molecule has 2 aromatic heterocycles. The zero-order chi connectivity index (χ0) is 31.0. The van der Waals surface area contributed by atoms with E-state index in [-0.39, 0.29) is 38.7 Å². The molecule has 1 fully saturated rings. The summed E-state index contributed by atoms with van der Waals surface area (Å²) < 4.78 is 17.2. The monoisotopic (exact) mass is 665 g/mol. The number of nitrogens with zero attached hydrogens (tertiary/aromatic N) is 4. The number of rotatable bonds is 12. The number of aromatic nitrogens is 2. The molecular weight excluding hydrogens is 626 g/mol. The van der Waals surface area contributed by atoms with Gasteiger partial charge in [-0.15, -0.1) is 0 Å². The van der Waals surface area contributed by atoms with E-state index in [1.807, 2.05) is 36.7 Å². The van der Waals surface area contributed by atoms with E-state index < -0.39 is 6.10 Å². The predicted molar refractivity (Wildman–Crippen MR) is 180 cm³/mol. The molecule has 1 saturated heterocycles. The fraction of sp³-hybridized carbons (Fsp3) is 0.382. The van der Waals surface area contributed by atoms with Gasteiger partial charge in [-0.2, -0.15) is 13.5 Å². The van der Waals surface area contributed by atoms with Crippen molar-refractivity contribution >= 4 is 31.0 Å². The van der Waals surface area contributed by atoms with Crippen LogP contribution in [0.15, 0.2) is 77.9 Å². The van der Waals surface area contributed by atoms with Crippen molar-refractivity contribution in [3.05, 3.63) is 107 Å². The molecule has 2 aliphatic rings. The molecule has 0 spiro atoms. The van der Waals surface area contributed by atoms with E-state index in [2.05, 4.69) is 37.2 Å². The fourth-order valence-electron chi connectivity index (χ4n) is 5.86. The molecule has 0 aliphatic carbocycles. The summed E-state index contributed by atoms with van der Waals surface area (Å²) in [6.45, 7) is 5.15. The van der Waals surface area contributed by atoms with Crippen LogP contribution >= 0.6 is 25.1 Å². The van der Waals surface area contributed by atoms with Crippen LogP contribution in [0.4, 0.5) is 0 Å². The molecule has 4 heterocycles. The molecule has 0 saturated carbocycles. The summed E-state index contributed by atoms with van der Waals surface area (Å²) in [4.78, 5) is 25.4. The molecule has 2 N–H and O–H groups in total. The highest BCUT2D eigenvalue weighted by Gasteiger charge is 2.24. The highest BCUT2D eigenvalue weighted by atomic mass is 35.5. The highest BCUT2D eigenvalue weighted by Crippen LogP contribution is 2.34. The molecule has 2 aromatic carbocycles. The zero-order valence-electron chi connectivity index (χ0n) is 25.6. The lowest BCUT2D eigenvalue weighted by Crippen LogP contribution is -2.42. The van der Waals surface area contributed by atoms with Crippen LogP contribution in [0, 0.1) is 0 Å². The van der Waals surface area contributed by atoms with Crippen molar-refractivity contribution in [2.24, 2.45) is 0 Å². The average Bonchev–Trinajstić information content (AvgIpc) is 3.59. The second-order valence-corrected chi connectivity index (χ2v) is 12.0. The van der Waals surface area contributed by atoms with Crippen LogP contribution in [-0.4, -0.2) is 75.7 Å². The minimum Gasteiger partial charge on any atom is -0.490 e. The molecule has 0 unspecified atom stereocenters. The third-order valence-corrected chi connectivity index (χ3v) is 8.72. The number of carbonyl (C=O) groups is 1. The van der Waals surface area contributed by atoms with Crippen LogP contribution in [0.3, 0.4) is 0 Å². The number of piperidine rings is 1. The van der Waals surface area contributed by atoms with Gasteiger partial charge < -0.3 is 24.3 Å². The van der Waals surface area contributed by atoms with E-state index in [1.165, 1.54) is 12.0 Å². The lowest BCUT2D eigenvalue weighted by molar-refractivity contribution is 0.0841. The van der Waals surface area contributed by atoms with Crippen LogP contribution in [-0.2, 0) is 26.1 Å². The Morgan fingerprint density at radius 2 is 1.83 bits per heavy atom. The van der Waals surface area contributed by atoms with Crippen LogP contribution in [0.2, 0.25) is 5.02 Å². The maximum absolute atomic E-state index is 12.8. The Hall–Kier alpha value is -3.61. The number of hydrogen-bond donors (Lipinski definition) is 2. The number of pyridine rings is 1. The van der Waals surface area contributed by atoms with Crippen LogP contribution in [0.5, 0.6) is 11.5 Å². The number of hydrogen-bond acceptors (Lipinski definition) is 9. The van der Waals surface area contributed by atoms with Gasteiger partial charge in [-0.25, -0.2) is 4.98 Å². The molecule has 12 heteroatoms. The summed E-state index contributed by atoms with van der Waals surface area (Å²) >= 11 is 6.65. The summed E-state index contributed by atoms with van der Waals surface area (Å²) in [6, 6.07) is 15.2. The Morgan fingerprint density at radius 1 is 1.04 bits per heavy atom. The summed E-state index contributed by atoms with van der Waals surface area (Å²) in [5, 5.41) is 14.2. The Balaban J connectivity index is 0.00000417. The van der Waals surface area contributed by atoms with Crippen molar-refractivity contribution < 1.29 is 23.8 Å². The van der Waals surface area contributed by atoms with E-state index in [0.717, 1.165) is 62.3 Å². The van der Waals surface area contributed by atoms with Crippen molar-refractivity contribution in [3.8, 4) is 11.5 Å². The summed E-state index contributed by atoms with van der Waals surface area (Å²) in [6.07, 6.45) is 8.76. The number of nitrogens with one attached hydrogen (secondary N) is 1. The fourth-order valence-corrected chi connectivity index (χ4v) is 6.20. The topological polar surface area (TPSA) is 113 Å². The van der Waals surface area contributed by atoms with Gasteiger partial charge in [0.15, 0.2) is 12.2 Å². The van der Waals surface area contributed by atoms with Gasteiger partial charge in [-0.3, -0.25) is 19.6 Å². The van der Waals surface area contributed by atoms with Gasteiger partial charge in [0, 0.05) is 63.8 Å². The molecule has 1 atom stereocenters. The molecule has 1 amide bonds. The second-order valence-electron chi connectivity index (χ2n) is 11.6. The highest BCUT2D eigenvalue weighted by molar-refractivity contribution is 7.59. The number of likely N-dealkylation sites (tertiary alicyclic amines) is 1. The van der Waals surface area contributed by atoms with Crippen molar-refractivity contribution in [1.29, 1.82) is 0 Å². The number of aliphatic hydroxyl groups excluding tert-OH is 1. The van der Waals surface area contributed by atoms with Gasteiger partial charge in [0.25, 0.3) is 5.91 Å². The van der Waals surface area contributed by atoms with Crippen molar-refractivity contribution in [1.82, 2.24) is 25.1 Å². The quantitative estimate of drug-likeness (QED) is 0.224. The molecular formula is C34H40ClN5O5S. The minimum absolute atomic E-state index is 0. The summed E-state index contributed by atoms with van der Waals surface area (Å²) in [5.41, 5.74) is 3.97. The molecule has 0 bridgehead atoms. The van der Waals surface area contributed by atoms with E-state index in [4.69, 9.17) is 25.5 Å². The Labute approximate surface area is 281 Å². The van der Waals surface area contributed by atoms with Crippen molar-refractivity contribution in [3.63, 3.8) is 0 Å². The van der Waals surface area contributed by atoms with Crippen LogP contribution in [0.25, 0.3) is 0 Å². The zero-order valence-corrected chi connectivity index (χ0v) is 27.4. The molecule has 244 valence electrons. The maximum atomic E-state index is 12.8. The van der Waals surface area contributed by atoms with E-state index in [1.54, 1.807) is 18.3 Å². The Kier molecular flexibility index (Phi) is 11.9. The first kappa shape index (κ1) is 33.7. The van der Waals surface area contributed by atoms with Gasteiger partial charge >= 0.3 is 0 Å².